The minimum Gasteiger partial charge on any atom is -0.481 e. The molecule has 6 heteroatoms. The van der Waals surface area contributed by atoms with Crippen LogP contribution >= 0.6 is 12.2 Å². The zero-order valence-electron chi connectivity index (χ0n) is 12.6. The molecule has 0 fully saturated rings. The van der Waals surface area contributed by atoms with E-state index in [1.807, 2.05) is 49.4 Å². The van der Waals surface area contributed by atoms with E-state index in [0.717, 1.165) is 10.8 Å². The fourth-order valence-electron chi connectivity index (χ4n) is 1.92. The molecule has 0 spiro atoms. The number of nitrogens with one attached hydrogen (secondary N) is 3. The van der Waals surface area contributed by atoms with Crippen LogP contribution in [0.1, 0.15) is 13.8 Å². The Labute approximate surface area is 135 Å². The molecule has 2 aromatic carbocycles. The molecule has 3 N–H and O–H groups in total. The van der Waals surface area contributed by atoms with Gasteiger partial charge in [-0.3, -0.25) is 15.6 Å². The lowest BCUT2D eigenvalue weighted by Gasteiger charge is -2.16. The topological polar surface area (TPSA) is 62.4 Å². The summed E-state index contributed by atoms with van der Waals surface area (Å²) in [5.74, 6) is 0.351. The summed E-state index contributed by atoms with van der Waals surface area (Å²) >= 11 is 4.96. The summed E-state index contributed by atoms with van der Waals surface area (Å²) in [5, 5.41) is 5.44. The Morgan fingerprint density at radius 2 is 1.91 bits per heavy atom. The van der Waals surface area contributed by atoms with Crippen molar-refractivity contribution >= 4 is 34.0 Å². The fourth-order valence-corrected chi connectivity index (χ4v) is 2.12. The van der Waals surface area contributed by atoms with E-state index in [-0.39, 0.29) is 5.91 Å². The first kappa shape index (κ1) is 16.0. The van der Waals surface area contributed by atoms with Crippen molar-refractivity contribution in [3.8, 4) is 5.75 Å². The minimum absolute atomic E-state index is 0.298. The van der Waals surface area contributed by atoms with Gasteiger partial charge in [0, 0.05) is 6.54 Å². The van der Waals surface area contributed by atoms with Gasteiger partial charge in [0.15, 0.2) is 11.2 Å². The van der Waals surface area contributed by atoms with Gasteiger partial charge < -0.3 is 10.1 Å². The minimum atomic E-state index is -0.641. The predicted molar refractivity (Wildman–Crippen MR) is 91.6 cm³/mol. The molecule has 0 radical (unpaired) electrons. The van der Waals surface area contributed by atoms with Crippen LogP contribution in [0.25, 0.3) is 10.8 Å². The van der Waals surface area contributed by atoms with Crippen LogP contribution in [0.4, 0.5) is 0 Å². The lowest BCUT2D eigenvalue weighted by atomic mass is 10.1. The van der Waals surface area contributed by atoms with Crippen molar-refractivity contribution in [1.82, 2.24) is 16.2 Å². The molecule has 0 unspecified atom stereocenters. The van der Waals surface area contributed by atoms with E-state index in [2.05, 4.69) is 16.2 Å². The molecular formula is C16H19N3O2S. The van der Waals surface area contributed by atoms with Gasteiger partial charge in [0.1, 0.15) is 5.75 Å². The average Bonchev–Trinajstić information content (AvgIpc) is 2.52. The van der Waals surface area contributed by atoms with Crippen molar-refractivity contribution < 1.29 is 9.53 Å². The number of ether oxygens (including phenoxy) is 1. The first-order valence-corrected chi connectivity index (χ1v) is 7.50. The lowest BCUT2D eigenvalue weighted by molar-refractivity contribution is -0.127. The zero-order valence-corrected chi connectivity index (χ0v) is 13.4. The van der Waals surface area contributed by atoms with Crippen molar-refractivity contribution in [1.29, 1.82) is 0 Å². The molecule has 0 aromatic heterocycles. The molecule has 0 heterocycles. The molecule has 1 atom stereocenters. The first-order chi connectivity index (χ1) is 10.6. The number of hydrogen-bond acceptors (Lipinski definition) is 3. The van der Waals surface area contributed by atoms with Crippen LogP contribution in [0.3, 0.4) is 0 Å². The Hall–Kier alpha value is -2.34. The largest absolute Gasteiger partial charge is 0.481 e. The highest BCUT2D eigenvalue weighted by Crippen LogP contribution is 2.21. The van der Waals surface area contributed by atoms with Gasteiger partial charge in [-0.25, -0.2) is 0 Å². The summed E-state index contributed by atoms with van der Waals surface area (Å²) in [4.78, 5) is 11.9. The van der Waals surface area contributed by atoms with E-state index < -0.39 is 6.10 Å². The summed E-state index contributed by atoms with van der Waals surface area (Å²) in [7, 11) is 0. The van der Waals surface area contributed by atoms with Crippen molar-refractivity contribution in [3.05, 3.63) is 42.5 Å². The summed E-state index contributed by atoms with van der Waals surface area (Å²) in [6.07, 6.45) is -0.641. The Morgan fingerprint density at radius 1 is 1.18 bits per heavy atom. The van der Waals surface area contributed by atoms with Gasteiger partial charge in [-0.15, -0.1) is 0 Å². The van der Waals surface area contributed by atoms with E-state index in [9.17, 15) is 4.79 Å². The second-order valence-electron chi connectivity index (χ2n) is 4.74. The molecule has 0 aliphatic rings. The van der Waals surface area contributed by atoms with Crippen molar-refractivity contribution in [2.45, 2.75) is 20.0 Å². The Bertz CT molecular complexity index is 675. The Kier molecular flexibility index (Phi) is 5.55. The normalized spacial score (nSPS) is 11.5. The number of carbonyl (C=O) groups excluding carboxylic acids is 1. The molecule has 0 saturated heterocycles. The maximum absolute atomic E-state index is 11.9. The Balaban J connectivity index is 1.93. The number of hydrogen-bond donors (Lipinski definition) is 3. The molecule has 1 amide bonds. The molecule has 5 nitrogen and oxygen atoms in total. The number of hydrazine groups is 1. The van der Waals surface area contributed by atoms with E-state index in [0.29, 0.717) is 17.4 Å². The van der Waals surface area contributed by atoms with Gasteiger partial charge in [-0.05, 0) is 49.0 Å². The molecule has 2 aromatic rings. The third-order valence-electron chi connectivity index (χ3n) is 3.04. The molecule has 0 aliphatic heterocycles. The molecule has 0 saturated carbocycles. The van der Waals surface area contributed by atoms with Gasteiger partial charge in [-0.1, -0.05) is 30.3 Å². The zero-order chi connectivity index (χ0) is 15.9. The van der Waals surface area contributed by atoms with Crippen molar-refractivity contribution in [2.24, 2.45) is 0 Å². The first-order valence-electron chi connectivity index (χ1n) is 7.09. The van der Waals surface area contributed by atoms with Gasteiger partial charge >= 0.3 is 0 Å². The fraction of sp³-hybridized carbons (Fsp3) is 0.250. The quantitative estimate of drug-likeness (QED) is 0.595. The van der Waals surface area contributed by atoms with E-state index in [1.54, 1.807) is 6.92 Å². The van der Waals surface area contributed by atoms with Crippen LogP contribution in [0.2, 0.25) is 0 Å². The SMILES string of the molecule is CCNC(=S)NNC(=O)[C@H](C)Oc1ccc2ccccc2c1. The standard InChI is InChI=1S/C16H19N3O2S/c1-3-17-16(22)19-18-15(20)11(2)21-14-9-8-12-6-4-5-7-13(12)10-14/h4-11H,3H2,1-2H3,(H,18,20)(H2,17,19,22)/t11-/m0/s1. The number of fused-ring (bicyclic) bond motifs is 1. The summed E-state index contributed by atoms with van der Waals surface area (Å²) < 4.78 is 5.66. The van der Waals surface area contributed by atoms with Crippen LogP contribution in [-0.4, -0.2) is 23.7 Å². The summed E-state index contributed by atoms with van der Waals surface area (Å²) in [5.41, 5.74) is 5.13. The van der Waals surface area contributed by atoms with E-state index >= 15 is 0 Å². The van der Waals surface area contributed by atoms with Crippen LogP contribution in [-0.2, 0) is 4.79 Å². The highest BCUT2D eigenvalue weighted by Gasteiger charge is 2.14. The third kappa shape index (κ3) is 4.33. The van der Waals surface area contributed by atoms with Crippen LogP contribution in [0, 0.1) is 0 Å². The van der Waals surface area contributed by atoms with Gasteiger partial charge in [0.2, 0.25) is 0 Å². The summed E-state index contributed by atoms with van der Waals surface area (Å²) in [6.45, 7) is 4.29. The smallest absolute Gasteiger partial charge is 0.279 e. The van der Waals surface area contributed by atoms with Gasteiger partial charge in [0.25, 0.3) is 5.91 Å². The van der Waals surface area contributed by atoms with Crippen molar-refractivity contribution in [2.75, 3.05) is 6.54 Å². The van der Waals surface area contributed by atoms with Gasteiger partial charge in [0.05, 0.1) is 0 Å². The number of benzene rings is 2. The number of carbonyl (C=O) groups is 1. The second-order valence-corrected chi connectivity index (χ2v) is 5.15. The molecule has 0 bridgehead atoms. The van der Waals surface area contributed by atoms with Crippen LogP contribution < -0.4 is 20.9 Å². The summed E-state index contributed by atoms with van der Waals surface area (Å²) in [6, 6.07) is 13.7. The number of amides is 1. The maximum atomic E-state index is 11.9. The highest BCUT2D eigenvalue weighted by molar-refractivity contribution is 7.80. The lowest BCUT2D eigenvalue weighted by Crippen LogP contribution is -2.50. The van der Waals surface area contributed by atoms with Gasteiger partial charge in [-0.2, -0.15) is 0 Å². The van der Waals surface area contributed by atoms with Crippen LogP contribution in [0.15, 0.2) is 42.5 Å². The predicted octanol–water partition coefficient (Wildman–Crippen LogP) is 2.12. The van der Waals surface area contributed by atoms with Crippen molar-refractivity contribution in [3.63, 3.8) is 0 Å². The highest BCUT2D eigenvalue weighted by atomic mass is 32.1. The number of rotatable bonds is 4. The number of thiocarbonyl (C=S) groups is 1. The maximum Gasteiger partial charge on any atom is 0.279 e. The molecule has 22 heavy (non-hydrogen) atoms. The second kappa shape index (κ2) is 7.61. The third-order valence-corrected chi connectivity index (χ3v) is 3.29. The monoisotopic (exact) mass is 317 g/mol. The van der Waals surface area contributed by atoms with Crippen LogP contribution in [0.5, 0.6) is 5.75 Å². The van der Waals surface area contributed by atoms with E-state index in [1.165, 1.54) is 0 Å². The molecule has 0 aliphatic carbocycles. The van der Waals surface area contributed by atoms with E-state index in [4.69, 9.17) is 17.0 Å². The molecular weight excluding hydrogens is 298 g/mol. The Morgan fingerprint density at radius 3 is 2.64 bits per heavy atom. The molecule has 116 valence electrons. The average molecular weight is 317 g/mol. The molecule has 2 rings (SSSR count).